The van der Waals surface area contributed by atoms with Crippen molar-refractivity contribution in [1.29, 1.82) is 0 Å². The second-order valence-electron chi connectivity index (χ2n) is 5.59. The van der Waals surface area contributed by atoms with E-state index in [9.17, 15) is 22.0 Å². The third-order valence-electron chi connectivity index (χ3n) is 3.88. The summed E-state index contributed by atoms with van der Waals surface area (Å²) in [7, 11) is -4.10. The van der Waals surface area contributed by atoms with E-state index in [4.69, 9.17) is 4.52 Å². The second-order valence-corrected chi connectivity index (χ2v) is 7.50. The molecular formula is C15H15F2N3O4S. The number of benzene rings is 1. The Kier molecular flexibility index (Phi) is 4.56. The molecule has 1 aliphatic rings. The highest BCUT2D eigenvalue weighted by molar-refractivity contribution is 7.89. The lowest BCUT2D eigenvalue weighted by molar-refractivity contribution is 0.0687. The zero-order valence-electron chi connectivity index (χ0n) is 13.3. The van der Waals surface area contributed by atoms with E-state index in [1.165, 1.54) is 11.0 Å². The number of aromatic nitrogens is 1. The van der Waals surface area contributed by atoms with E-state index < -0.39 is 26.6 Å². The van der Waals surface area contributed by atoms with Gasteiger partial charge in [-0.2, -0.15) is 4.31 Å². The summed E-state index contributed by atoms with van der Waals surface area (Å²) in [6.45, 7) is 1.93. The molecule has 1 fully saturated rings. The zero-order chi connectivity index (χ0) is 18.2. The van der Waals surface area contributed by atoms with Gasteiger partial charge in [0.05, 0.1) is 0 Å². The van der Waals surface area contributed by atoms with Crippen LogP contribution in [-0.2, 0) is 10.0 Å². The molecule has 1 aliphatic heterocycles. The number of hydrogen-bond acceptors (Lipinski definition) is 5. The van der Waals surface area contributed by atoms with Crippen molar-refractivity contribution in [3.05, 3.63) is 47.4 Å². The Morgan fingerprint density at radius 3 is 2.40 bits per heavy atom. The van der Waals surface area contributed by atoms with Crippen LogP contribution in [0.25, 0.3) is 0 Å². The number of piperazine rings is 1. The van der Waals surface area contributed by atoms with Crippen LogP contribution in [0.1, 0.15) is 16.2 Å². The fourth-order valence-corrected chi connectivity index (χ4v) is 4.05. The highest BCUT2D eigenvalue weighted by Gasteiger charge is 2.32. The van der Waals surface area contributed by atoms with Gasteiger partial charge in [-0.15, -0.1) is 0 Å². The van der Waals surface area contributed by atoms with Gasteiger partial charge in [-0.05, 0) is 19.1 Å². The average molecular weight is 371 g/mol. The predicted molar refractivity (Wildman–Crippen MR) is 82.3 cm³/mol. The van der Waals surface area contributed by atoms with Gasteiger partial charge in [0.15, 0.2) is 5.69 Å². The number of sulfonamides is 1. The van der Waals surface area contributed by atoms with Crippen LogP contribution in [0.4, 0.5) is 8.78 Å². The fourth-order valence-electron chi connectivity index (χ4n) is 2.58. The Bertz CT molecular complexity index is 905. The molecule has 0 atom stereocenters. The van der Waals surface area contributed by atoms with Gasteiger partial charge in [0, 0.05) is 38.3 Å². The quantitative estimate of drug-likeness (QED) is 0.815. The van der Waals surface area contributed by atoms with Crippen LogP contribution in [0.2, 0.25) is 0 Å². The average Bonchev–Trinajstić information content (AvgIpc) is 3.00. The number of carbonyl (C=O) groups is 1. The van der Waals surface area contributed by atoms with E-state index in [2.05, 4.69) is 5.16 Å². The Labute approximate surface area is 142 Å². The van der Waals surface area contributed by atoms with Crippen LogP contribution in [0, 0.1) is 18.6 Å². The number of carbonyl (C=O) groups excluding carboxylic acids is 1. The third-order valence-corrected chi connectivity index (χ3v) is 5.82. The van der Waals surface area contributed by atoms with Crippen LogP contribution < -0.4 is 0 Å². The molecule has 0 N–H and O–H groups in total. The van der Waals surface area contributed by atoms with Gasteiger partial charge in [0.2, 0.25) is 10.0 Å². The number of aryl methyl sites for hydroxylation is 1. The standard InChI is InChI=1S/C15H15F2N3O4S/c1-10-8-13(18-24-10)15(21)19-4-6-20(7-5-19)25(22,23)14-3-2-11(16)9-12(14)17/h2-3,8-9H,4-7H2,1H3. The molecule has 25 heavy (non-hydrogen) atoms. The summed E-state index contributed by atoms with van der Waals surface area (Å²) in [4.78, 5) is 13.1. The summed E-state index contributed by atoms with van der Waals surface area (Å²) in [6.07, 6.45) is 0. The zero-order valence-corrected chi connectivity index (χ0v) is 14.1. The number of nitrogens with zero attached hydrogens (tertiary/aromatic N) is 3. The summed E-state index contributed by atoms with van der Waals surface area (Å²) in [5, 5.41) is 3.64. The smallest absolute Gasteiger partial charge is 0.276 e. The lowest BCUT2D eigenvalue weighted by atomic mass is 10.3. The first-order valence-corrected chi connectivity index (χ1v) is 8.91. The number of halogens is 2. The minimum atomic E-state index is -4.10. The van der Waals surface area contributed by atoms with Gasteiger partial charge < -0.3 is 9.42 Å². The highest BCUT2D eigenvalue weighted by atomic mass is 32.2. The normalized spacial score (nSPS) is 16.2. The lowest BCUT2D eigenvalue weighted by Crippen LogP contribution is -2.50. The summed E-state index contributed by atoms with van der Waals surface area (Å²) in [5.74, 6) is -1.86. The van der Waals surface area contributed by atoms with Crippen molar-refractivity contribution in [3.63, 3.8) is 0 Å². The minimum Gasteiger partial charge on any atom is -0.361 e. The van der Waals surface area contributed by atoms with Gasteiger partial charge in [0.25, 0.3) is 5.91 Å². The van der Waals surface area contributed by atoms with Crippen LogP contribution >= 0.6 is 0 Å². The van der Waals surface area contributed by atoms with Crippen molar-refractivity contribution < 1.29 is 26.5 Å². The first kappa shape index (κ1) is 17.5. The lowest BCUT2D eigenvalue weighted by Gasteiger charge is -2.33. The van der Waals surface area contributed by atoms with Crippen molar-refractivity contribution in [2.45, 2.75) is 11.8 Å². The molecule has 1 aromatic carbocycles. The van der Waals surface area contributed by atoms with E-state index >= 15 is 0 Å². The maximum absolute atomic E-state index is 13.8. The molecule has 10 heteroatoms. The Morgan fingerprint density at radius 1 is 1.16 bits per heavy atom. The monoisotopic (exact) mass is 371 g/mol. The van der Waals surface area contributed by atoms with Crippen LogP contribution in [0.5, 0.6) is 0 Å². The molecule has 2 aromatic rings. The van der Waals surface area contributed by atoms with Crippen molar-refractivity contribution in [3.8, 4) is 0 Å². The first-order valence-electron chi connectivity index (χ1n) is 7.47. The third kappa shape index (κ3) is 3.40. The molecular weight excluding hydrogens is 356 g/mol. The fraction of sp³-hybridized carbons (Fsp3) is 0.333. The molecule has 7 nitrogen and oxygen atoms in total. The largest absolute Gasteiger partial charge is 0.361 e. The molecule has 0 radical (unpaired) electrons. The maximum Gasteiger partial charge on any atom is 0.276 e. The number of rotatable bonds is 3. The minimum absolute atomic E-state index is 0.00171. The van der Waals surface area contributed by atoms with Gasteiger partial charge in [-0.25, -0.2) is 17.2 Å². The molecule has 0 unspecified atom stereocenters. The summed E-state index contributed by atoms with van der Waals surface area (Å²) >= 11 is 0. The van der Waals surface area contributed by atoms with Gasteiger partial charge >= 0.3 is 0 Å². The Hall–Kier alpha value is -2.33. The van der Waals surface area contributed by atoms with Crippen molar-refractivity contribution in [1.82, 2.24) is 14.4 Å². The molecule has 3 rings (SSSR count). The van der Waals surface area contributed by atoms with Crippen molar-refractivity contribution >= 4 is 15.9 Å². The molecule has 0 bridgehead atoms. The molecule has 0 saturated carbocycles. The van der Waals surface area contributed by atoms with Crippen molar-refractivity contribution in [2.75, 3.05) is 26.2 Å². The van der Waals surface area contributed by atoms with Crippen molar-refractivity contribution in [2.24, 2.45) is 0 Å². The van der Waals surface area contributed by atoms with E-state index in [0.29, 0.717) is 11.8 Å². The SMILES string of the molecule is Cc1cc(C(=O)N2CCN(S(=O)(=O)c3ccc(F)cc3F)CC2)no1. The summed E-state index contributed by atoms with van der Waals surface area (Å²) in [6, 6.07) is 3.82. The van der Waals surface area contributed by atoms with Crippen LogP contribution in [0.3, 0.4) is 0 Å². The summed E-state index contributed by atoms with van der Waals surface area (Å²) in [5.41, 5.74) is 0.151. The second kappa shape index (κ2) is 6.52. The molecule has 1 saturated heterocycles. The molecule has 0 aliphatic carbocycles. The summed E-state index contributed by atoms with van der Waals surface area (Å²) < 4.78 is 57.7. The van der Waals surface area contributed by atoms with Gasteiger partial charge in [-0.3, -0.25) is 4.79 Å². The topological polar surface area (TPSA) is 83.7 Å². The molecule has 0 spiro atoms. The van der Waals surface area contributed by atoms with Gasteiger partial charge in [0.1, 0.15) is 22.3 Å². The van der Waals surface area contributed by atoms with Crippen LogP contribution in [-0.4, -0.2) is 54.9 Å². The Balaban J connectivity index is 1.72. The van der Waals surface area contributed by atoms with E-state index in [1.807, 2.05) is 0 Å². The van der Waals surface area contributed by atoms with Gasteiger partial charge in [-0.1, -0.05) is 5.16 Å². The molecule has 134 valence electrons. The van der Waals surface area contributed by atoms with E-state index in [0.717, 1.165) is 16.4 Å². The van der Waals surface area contributed by atoms with Crippen LogP contribution in [0.15, 0.2) is 33.7 Å². The molecule has 2 heterocycles. The molecule has 1 amide bonds. The highest BCUT2D eigenvalue weighted by Crippen LogP contribution is 2.22. The number of amides is 1. The number of hydrogen-bond donors (Lipinski definition) is 0. The Morgan fingerprint density at radius 2 is 1.84 bits per heavy atom. The predicted octanol–water partition coefficient (Wildman–Crippen LogP) is 1.41. The maximum atomic E-state index is 13.8. The van der Waals surface area contributed by atoms with E-state index in [-0.39, 0.29) is 37.8 Å². The molecule has 1 aromatic heterocycles. The van der Waals surface area contributed by atoms with E-state index in [1.54, 1.807) is 6.92 Å². The first-order chi connectivity index (χ1) is 11.8.